The van der Waals surface area contributed by atoms with Crippen LogP contribution >= 0.6 is 0 Å². The van der Waals surface area contributed by atoms with Crippen molar-refractivity contribution in [3.63, 3.8) is 0 Å². The minimum absolute atomic E-state index is 0.211. The van der Waals surface area contributed by atoms with Crippen LogP contribution in [0, 0.1) is 0 Å². The summed E-state index contributed by atoms with van der Waals surface area (Å²) in [6, 6.07) is 0.569. The molecule has 0 amide bonds. The summed E-state index contributed by atoms with van der Waals surface area (Å²) in [4.78, 5) is 6.14. The Hall–Kier alpha value is -0.340. The van der Waals surface area contributed by atoms with Gasteiger partial charge in [-0.15, -0.1) is 0 Å². The minimum atomic E-state index is 0.211. The van der Waals surface area contributed by atoms with Crippen molar-refractivity contribution in [3.05, 3.63) is 12.2 Å². The van der Waals surface area contributed by atoms with Crippen molar-refractivity contribution in [1.29, 1.82) is 0 Å². The van der Waals surface area contributed by atoms with Crippen LogP contribution in [0.2, 0.25) is 0 Å². The molecule has 148 valence electrons. The lowest BCUT2D eigenvalue weighted by Crippen LogP contribution is -2.51. The Balaban J connectivity index is 1.89. The fourth-order valence-corrected chi connectivity index (χ4v) is 3.92. The summed E-state index contributed by atoms with van der Waals surface area (Å²) >= 11 is 0. The number of piperidine rings is 1. The van der Waals surface area contributed by atoms with Crippen LogP contribution in [0.5, 0.6) is 0 Å². The fourth-order valence-electron chi connectivity index (χ4n) is 3.92. The Morgan fingerprint density at radius 1 is 0.920 bits per heavy atom. The van der Waals surface area contributed by atoms with Crippen LogP contribution in [0.15, 0.2) is 12.2 Å². The molecule has 1 rings (SSSR count). The summed E-state index contributed by atoms with van der Waals surface area (Å²) in [5.74, 6) is 0. The highest BCUT2D eigenvalue weighted by molar-refractivity contribution is 4.85. The van der Waals surface area contributed by atoms with Crippen LogP contribution < -0.4 is 0 Å². The first-order chi connectivity index (χ1) is 12.1. The van der Waals surface area contributed by atoms with Crippen LogP contribution in [0.1, 0.15) is 118 Å². The van der Waals surface area contributed by atoms with Crippen molar-refractivity contribution < 1.29 is 4.84 Å². The number of nitrogens with zero attached hydrogens (tertiary/aromatic N) is 1. The van der Waals surface area contributed by atoms with Gasteiger partial charge in [-0.2, -0.15) is 5.06 Å². The molecule has 0 N–H and O–H groups in total. The molecule has 0 aliphatic carbocycles. The molecule has 0 bridgehead atoms. The number of unbranched alkanes of at least 4 members (excludes halogenated alkanes) is 9. The van der Waals surface area contributed by atoms with Gasteiger partial charge < -0.3 is 0 Å². The van der Waals surface area contributed by atoms with Crippen molar-refractivity contribution in [2.75, 3.05) is 6.61 Å². The largest absolute Gasteiger partial charge is 0.298 e. The van der Waals surface area contributed by atoms with E-state index in [1.807, 2.05) is 0 Å². The summed E-state index contributed by atoms with van der Waals surface area (Å²) in [6.45, 7) is 10.1. The average Bonchev–Trinajstić information content (AvgIpc) is 2.57. The van der Waals surface area contributed by atoms with Crippen LogP contribution in [0.25, 0.3) is 0 Å². The van der Waals surface area contributed by atoms with E-state index in [-0.39, 0.29) is 5.54 Å². The maximum Gasteiger partial charge on any atom is 0.0685 e. The van der Waals surface area contributed by atoms with E-state index in [0.717, 1.165) is 6.61 Å². The number of hydrogen-bond donors (Lipinski definition) is 0. The topological polar surface area (TPSA) is 12.5 Å². The van der Waals surface area contributed by atoms with Gasteiger partial charge in [-0.05, 0) is 65.7 Å². The molecule has 1 aliphatic heterocycles. The second kappa shape index (κ2) is 13.8. The predicted molar refractivity (Wildman–Crippen MR) is 111 cm³/mol. The highest BCUT2D eigenvalue weighted by Crippen LogP contribution is 2.31. The van der Waals surface area contributed by atoms with Crippen molar-refractivity contribution in [1.82, 2.24) is 5.06 Å². The first kappa shape index (κ1) is 22.7. The zero-order chi connectivity index (χ0) is 18.4. The molecule has 1 fully saturated rings. The molecule has 0 radical (unpaired) electrons. The van der Waals surface area contributed by atoms with Gasteiger partial charge in [0.05, 0.1) is 6.61 Å². The van der Waals surface area contributed by atoms with Gasteiger partial charge in [0.15, 0.2) is 0 Å². The highest BCUT2D eigenvalue weighted by Gasteiger charge is 2.35. The summed E-state index contributed by atoms with van der Waals surface area (Å²) in [5, 5.41) is 2.28. The SMILES string of the molecule is CCCC/C=C\CCCCCCCCCON1C(C)CCCC1(C)C. The van der Waals surface area contributed by atoms with Gasteiger partial charge in [-0.25, -0.2) is 0 Å². The van der Waals surface area contributed by atoms with E-state index in [2.05, 4.69) is 44.9 Å². The normalized spacial score (nSPS) is 21.2. The van der Waals surface area contributed by atoms with E-state index >= 15 is 0 Å². The van der Waals surface area contributed by atoms with E-state index < -0.39 is 0 Å². The third-order valence-corrected chi connectivity index (χ3v) is 5.54. The third-order valence-electron chi connectivity index (χ3n) is 5.54. The van der Waals surface area contributed by atoms with Crippen LogP contribution in [0.3, 0.4) is 0 Å². The van der Waals surface area contributed by atoms with Gasteiger partial charge in [0.2, 0.25) is 0 Å². The molecular weight excluding hydrogens is 306 g/mol. The summed E-state index contributed by atoms with van der Waals surface area (Å²) in [7, 11) is 0. The van der Waals surface area contributed by atoms with Gasteiger partial charge in [0, 0.05) is 11.6 Å². The first-order valence-electron chi connectivity index (χ1n) is 11.1. The third kappa shape index (κ3) is 10.4. The molecule has 1 unspecified atom stereocenters. The second-order valence-electron chi connectivity index (χ2n) is 8.59. The summed E-state index contributed by atoms with van der Waals surface area (Å²) in [5.41, 5.74) is 0.211. The Kier molecular flexibility index (Phi) is 12.5. The molecular formula is C23H45NO. The lowest BCUT2D eigenvalue weighted by atomic mass is 9.89. The Labute approximate surface area is 158 Å². The monoisotopic (exact) mass is 351 g/mol. The van der Waals surface area contributed by atoms with Gasteiger partial charge in [0.1, 0.15) is 0 Å². The minimum Gasteiger partial charge on any atom is -0.298 e. The van der Waals surface area contributed by atoms with E-state index in [1.54, 1.807) is 0 Å². The number of hydroxylamine groups is 2. The van der Waals surface area contributed by atoms with E-state index in [1.165, 1.54) is 89.9 Å². The van der Waals surface area contributed by atoms with Crippen molar-refractivity contribution in [3.8, 4) is 0 Å². The highest BCUT2D eigenvalue weighted by atomic mass is 16.7. The summed E-state index contributed by atoms with van der Waals surface area (Å²) in [6.07, 6.45) is 23.3. The molecule has 1 saturated heterocycles. The molecule has 0 aromatic carbocycles. The van der Waals surface area contributed by atoms with Gasteiger partial charge in [-0.1, -0.05) is 64.0 Å². The molecule has 1 heterocycles. The Morgan fingerprint density at radius 3 is 2.16 bits per heavy atom. The molecule has 2 heteroatoms. The lowest BCUT2D eigenvalue weighted by Gasteiger charge is -2.45. The van der Waals surface area contributed by atoms with Crippen molar-refractivity contribution >= 4 is 0 Å². The van der Waals surface area contributed by atoms with E-state index in [0.29, 0.717) is 6.04 Å². The quantitative estimate of drug-likeness (QED) is 0.238. The maximum atomic E-state index is 6.14. The van der Waals surface area contributed by atoms with Crippen LogP contribution in [-0.2, 0) is 4.84 Å². The van der Waals surface area contributed by atoms with Gasteiger partial charge >= 0.3 is 0 Å². The molecule has 0 aromatic heterocycles. The molecule has 0 aromatic rings. The number of allylic oxidation sites excluding steroid dienone is 2. The first-order valence-corrected chi connectivity index (χ1v) is 11.1. The van der Waals surface area contributed by atoms with E-state index in [4.69, 9.17) is 4.84 Å². The number of rotatable bonds is 14. The van der Waals surface area contributed by atoms with Crippen LogP contribution in [-0.4, -0.2) is 23.3 Å². The maximum absolute atomic E-state index is 6.14. The number of hydrogen-bond acceptors (Lipinski definition) is 2. The second-order valence-corrected chi connectivity index (χ2v) is 8.59. The Morgan fingerprint density at radius 2 is 1.52 bits per heavy atom. The van der Waals surface area contributed by atoms with Crippen molar-refractivity contribution in [2.45, 2.75) is 129 Å². The predicted octanol–water partition coefficient (Wildman–Crippen LogP) is 7.44. The molecule has 2 nitrogen and oxygen atoms in total. The molecule has 1 atom stereocenters. The molecule has 1 aliphatic rings. The molecule has 0 saturated carbocycles. The Bertz CT molecular complexity index is 337. The standard InChI is InChI=1S/C23H45NO/c1-5-6-7-8-9-10-11-12-13-14-15-16-17-21-25-24-22(2)19-18-20-23(24,3)4/h8-9,22H,5-7,10-21H2,1-4H3/b9-8-. The zero-order valence-corrected chi connectivity index (χ0v) is 17.7. The van der Waals surface area contributed by atoms with Crippen molar-refractivity contribution in [2.24, 2.45) is 0 Å². The van der Waals surface area contributed by atoms with E-state index in [9.17, 15) is 0 Å². The van der Waals surface area contributed by atoms with Gasteiger partial charge in [0.25, 0.3) is 0 Å². The smallest absolute Gasteiger partial charge is 0.0685 e. The summed E-state index contributed by atoms with van der Waals surface area (Å²) < 4.78 is 0. The zero-order valence-electron chi connectivity index (χ0n) is 17.7. The van der Waals surface area contributed by atoms with Crippen LogP contribution in [0.4, 0.5) is 0 Å². The fraction of sp³-hybridized carbons (Fsp3) is 0.913. The molecule has 25 heavy (non-hydrogen) atoms. The lowest BCUT2D eigenvalue weighted by molar-refractivity contribution is -0.251. The average molecular weight is 352 g/mol. The van der Waals surface area contributed by atoms with Gasteiger partial charge in [-0.3, -0.25) is 4.84 Å². The molecule has 0 spiro atoms.